The van der Waals surface area contributed by atoms with E-state index in [2.05, 4.69) is 10.0 Å². The molecule has 0 bridgehead atoms. The molecule has 1 fully saturated rings. The summed E-state index contributed by atoms with van der Waals surface area (Å²) in [6.45, 7) is 4.14. The summed E-state index contributed by atoms with van der Waals surface area (Å²) in [7, 11) is -4.25. The number of carbonyl (C=O) groups excluding carboxylic acids is 3. The summed E-state index contributed by atoms with van der Waals surface area (Å²) in [6.07, 6.45) is 2.06. The van der Waals surface area contributed by atoms with E-state index >= 15 is 0 Å². The monoisotopic (exact) mass is 488 g/mol. The highest BCUT2D eigenvalue weighted by Crippen LogP contribution is 2.16. The second kappa shape index (κ2) is 11.6. The molecule has 1 saturated heterocycles. The summed E-state index contributed by atoms with van der Waals surface area (Å²) in [6, 6.07) is 3.72. The number of piperazine rings is 1. The lowest BCUT2D eigenvalue weighted by Gasteiger charge is -2.36. The fourth-order valence-corrected chi connectivity index (χ4v) is 4.97. The van der Waals surface area contributed by atoms with Crippen molar-refractivity contribution in [2.45, 2.75) is 37.2 Å². The first-order valence-electron chi connectivity index (χ1n) is 10.2. The molecule has 0 radical (unpaired) electrons. The van der Waals surface area contributed by atoms with E-state index in [0.29, 0.717) is 5.75 Å². The predicted molar refractivity (Wildman–Crippen MR) is 120 cm³/mol. The third-order valence-electron chi connectivity index (χ3n) is 4.82. The lowest BCUT2D eigenvalue weighted by atomic mass is 10.2. The number of nitrogens with one attached hydrogen (secondary N) is 2. The van der Waals surface area contributed by atoms with Crippen molar-refractivity contribution in [3.05, 3.63) is 30.1 Å². The van der Waals surface area contributed by atoms with Crippen LogP contribution < -0.4 is 10.0 Å². The molecule has 1 atom stereocenters. The van der Waals surface area contributed by atoms with Gasteiger partial charge < -0.3 is 15.1 Å². The molecule has 1 aliphatic rings. The molecule has 0 aromatic heterocycles. The summed E-state index contributed by atoms with van der Waals surface area (Å²) in [4.78, 5) is 39.5. The molecule has 1 aliphatic heterocycles. The summed E-state index contributed by atoms with van der Waals surface area (Å²) in [5.74, 6) is -2.19. The highest BCUT2D eigenvalue weighted by Gasteiger charge is 2.33. The standard InChI is InChI=1S/C20H29FN4O5S2/c1-14(2)22-18(26)20(28)25-11-9-24(10-12-25)19(27)16(8-13-31-3)23-32(29,30)17-7-5-4-6-15(17)21/h4-7,14,16,23H,8-13H2,1-3H3,(H,22,26). The van der Waals surface area contributed by atoms with Crippen LogP contribution in [0.2, 0.25) is 0 Å². The Labute approximate surface area is 192 Å². The molecule has 9 nitrogen and oxygen atoms in total. The highest BCUT2D eigenvalue weighted by atomic mass is 32.2. The molecule has 0 aliphatic carbocycles. The van der Waals surface area contributed by atoms with E-state index in [9.17, 15) is 27.2 Å². The SMILES string of the molecule is CSCCC(NS(=O)(=O)c1ccccc1F)C(=O)N1CCN(C(=O)C(=O)NC(C)C)CC1. The topological polar surface area (TPSA) is 116 Å². The van der Waals surface area contributed by atoms with Gasteiger partial charge in [-0.2, -0.15) is 16.5 Å². The van der Waals surface area contributed by atoms with Crippen LogP contribution in [0.25, 0.3) is 0 Å². The smallest absolute Gasteiger partial charge is 0.312 e. The van der Waals surface area contributed by atoms with Gasteiger partial charge in [0.1, 0.15) is 16.8 Å². The number of nitrogens with zero attached hydrogens (tertiary/aromatic N) is 2. The summed E-state index contributed by atoms with van der Waals surface area (Å²) >= 11 is 1.45. The zero-order chi connectivity index (χ0) is 23.9. The average Bonchev–Trinajstić information content (AvgIpc) is 2.75. The van der Waals surface area contributed by atoms with Crippen LogP contribution in [-0.2, 0) is 24.4 Å². The largest absolute Gasteiger partial charge is 0.346 e. The number of benzene rings is 1. The zero-order valence-electron chi connectivity index (χ0n) is 18.3. The quantitative estimate of drug-likeness (QED) is 0.513. The molecule has 32 heavy (non-hydrogen) atoms. The molecule has 2 rings (SSSR count). The van der Waals surface area contributed by atoms with Crippen molar-refractivity contribution in [1.82, 2.24) is 19.8 Å². The van der Waals surface area contributed by atoms with Crippen LogP contribution in [0, 0.1) is 5.82 Å². The van der Waals surface area contributed by atoms with Gasteiger partial charge in [-0.15, -0.1) is 0 Å². The Morgan fingerprint density at radius 2 is 1.69 bits per heavy atom. The Kier molecular flexibility index (Phi) is 9.47. The second-order valence-corrected chi connectivity index (χ2v) is 10.3. The van der Waals surface area contributed by atoms with Gasteiger partial charge in [-0.05, 0) is 44.4 Å². The van der Waals surface area contributed by atoms with Crippen molar-refractivity contribution in [2.75, 3.05) is 38.2 Å². The number of halogens is 1. The summed E-state index contributed by atoms with van der Waals surface area (Å²) < 4.78 is 41.7. The van der Waals surface area contributed by atoms with Gasteiger partial charge in [0.2, 0.25) is 15.9 Å². The number of carbonyl (C=O) groups is 3. The van der Waals surface area contributed by atoms with E-state index in [1.807, 2.05) is 6.26 Å². The van der Waals surface area contributed by atoms with Crippen molar-refractivity contribution in [2.24, 2.45) is 0 Å². The molecule has 12 heteroatoms. The average molecular weight is 489 g/mol. The Bertz CT molecular complexity index is 934. The molecule has 1 aromatic carbocycles. The molecular weight excluding hydrogens is 459 g/mol. The Morgan fingerprint density at radius 1 is 1.09 bits per heavy atom. The highest BCUT2D eigenvalue weighted by molar-refractivity contribution is 7.98. The lowest BCUT2D eigenvalue weighted by Crippen LogP contribution is -2.57. The molecule has 0 spiro atoms. The Hall–Kier alpha value is -2.18. The first-order chi connectivity index (χ1) is 15.1. The van der Waals surface area contributed by atoms with Crippen LogP contribution in [-0.4, -0.2) is 86.2 Å². The van der Waals surface area contributed by atoms with E-state index in [4.69, 9.17) is 0 Å². The van der Waals surface area contributed by atoms with Crippen LogP contribution in [0.1, 0.15) is 20.3 Å². The Balaban J connectivity index is 2.06. The normalized spacial score (nSPS) is 15.5. The molecule has 3 amide bonds. The number of hydrogen-bond acceptors (Lipinski definition) is 6. The van der Waals surface area contributed by atoms with Crippen molar-refractivity contribution in [3.63, 3.8) is 0 Å². The molecule has 0 saturated carbocycles. The first-order valence-corrected chi connectivity index (χ1v) is 13.1. The lowest BCUT2D eigenvalue weighted by molar-refractivity contribution is -0.148. The van der Waals surface area contributed by atoms with Crippen molar-refractivity contribution >= 4 is 39.5 Å². The van der Waals surface area contributed by atoms with Crippen LogP contribution in [0.3, 0.4) is 0 Å². The zero-order valence-corrected chi connectivity index (χ0v) is 20.0. The molecular formula is C20H29FN4O5S2. The third-order valence-corrected chi connectivity index (χ3v) is 6.97. The first kappa shape index (κ1) is 26.1. The van der Waals surface area contributed by atoms with Gasteiger partial charge >= 0.3 is 11.8 Å². The minimum atomic E-state index is -4.25. The van der Waals surface area contributed by atoms with Gasteiger partial charge in [-0.3, -0.25) is 14.4 Å². The van der Waals surface area contributed by atoms with Gasteiger partial charge in [-0.25, -0.2) is 12.8 Å². The van der Waals surface area contributed by atoms with Crippen LogP contribution in [0.5, 0.6) is 0 Å². The predicted octanol–water partition coefficient (Wildman–Crippen LogP) is 0.421. The van der Waals surface area contributed by atoms with Gasteiger partial charge in [0.15, 0.2) is 0 Å². The summed E-state index contributed by atoms with van der Waals surface area (Å²) in [5.41, 5.74) is 0. The van der Waals surface area contributed by atoms with Gasteiger partial charge in [0.25, 0.3) is 0 Å². The Morgan fingerprint density at radius 3 is 2.25 bits per heavy atom. The number of hydrogen-bond donors (Lipinski definition) is 2. The van der Waals surface area contributed by atoms with E-state index in [1.165, 1.54) is 33.7 Å². The molecule has 1 unspecified atom stereocenters. The van der Waals surface area contributed by atoms with E-state index in [1.54, 1.807) is 13.8 Å². The van der Waals surface area contributed by atoms with E-state index < -0.39 is 44.5 Å². The van der Waals surface area contributed by atoms with Gasteiger partial charge in [0.05, 0.1) is 0 Å². The van der Waals surface area contributed by atoms with E-state index in [-0.39, 0.29) is 38.6 Å². The maximum Gasteiger partial charge on any atom is 0.312 e. The maximum absolute atomic E-state index is 14.0. The number of rotatable bonds is 8. The van der Waals surface area contributed by atoms with Crippen LogP contribution >= 0.6 is 11.8 Å². The van der Waals surface area contributed by atoms with E-state index in [0.717, 1.165) is 12.1 Å². The van der Waals surface area contributed by atoms with Crippen molar-refractivity contribution in [1.29, 1.82) is 0 Å². The van der Waals surface area contributed by atoms with Crippen LogP contribution in [0.4, 0.5) is 4.39 Å². The molecule has 1 heterocycles. The van der Waals surface area contributed by atoms with Crippen molar-refractivity contribution < 1.29 is 27.2 Å². The molecule has 178 valence electrons. The number of sulfonamides is 1. The third kappa shape index (κ3) is 6.91. The minimum absolute atomic E-state index is 0.158. The van der Waals surface area contributed by atoms with Crippen molar-refractivity contribution in [3.8, 4) is 0 Å². The number of thioether (sulfide) groups is 1. The maximum atomic E-state index is 14.0. The fraction of sp³-hybridized carbons (Fsp3) is 0.550. The fourth-order valence-electron chi connectivity index (χ4n) is 3.20. The molecule has 2 N–H and O–H groups in total. The summed E-state index contributed by atoms with van der Waals surface area (Å²) in [5, 5.41) is 2.54. The van der Waals surface area contributed by atoms with Gasteiger partial charge in [0, 0.05) is 32.2 Å². The second-order valence-electron chi connectivity index (χ2n) is 7.63. The van der Waals surface area contributed by atoms with Gasteiger partial charge in [-0.1, -0.05) is 12.1 Å². The van der Waals surface area contributed by atoms with Crippen LogP contribution in [0.15, 0.2) is 29.2 Å². The minimum Gasteiger partial charge on any atom is -0.346 e. The molecule has 1 aromatic rings. The number of amides is 3.